The number of benzene rings is 1. The smallest absolute Gasteiger partial charge is 0.164 e. The molecule has 1 aromatic carbocycles. The number of aromatic amines is 2. The minimum Gasteiger partial charge on any atom is -0.324 e. The third kappa shape index (κ3) is 6.34. The molecule has 8 nitrogen and oxygen atoms in total. The Labute approximate surface area is 396 Å². The summed E-state index contributed by atoms with van der Waals surface area (Å²) in [5, 5.41) is 10.4. The monoisotopic (exact) mass is 926 g/mol. The van der Waals surface area contributed by atoms with Gasteiger partial charge in [0.15, 0.2) is 23.3 Å². The lowest BCUT2D eigenvalue weighted by atomic mass is 9.88. The molecule has 318 valence electrons. The van der Waals surface area contributed by atoms with Crippen LogP contribution in [0.25, 0.3) is 78.2 Å². The Morgan fingerprint density at radius 3 is 1.21 bits per heavy atom. The maximum absolute atomic E-state index is 5.44. The summed E-state index contributed by atoms with van der Waals surface area (Å²) < 4.78 is 0. The van der Waals surface area contributed by atoms with E-state index in [1.165, 1.54) is 19.5 Å². The number of fused-ring (bicyclic) bond motifs is 18. The van der Waals surface area contributed by atoms with Gasteiger partial charge in [-0.3, -0.25) is 0 Å². The molecule has 9 heterocycles. The Morgan fingerprint density at radius 1 is 0.394 bits per heavy atom. The van der Waals surface area contributed by atoms with Crippen LogP contribution in [0.1, 0.15) is 69.8 Å². The normalized spacial score (nSPS) is 21.9. The van der Waals surface area contributed by atoms with Crippen LogP contribution in [-0.4, -0.2) is 39.9 Å². The molecule has 0 saturated carbocycles. The number of hydrogen-bond donors (Lipinski definition) is 2. The summed E-state index contributed by atoms with van der Waals surface area (Å²) in [4.78, 5) is 44.5. The number of rotatable bonds is 4. The highest BCUT2D eigenvalue weighted by molar-refractivity contribution is 7.13. The van der Waals surface area contributed by atoms with E-state index in [9.17, 15) is 0 Å². The number of H-pyrrole nitrogens is 2. The first-order valence-corrected chi connectivity index (χ1v) is 25.2. The predicted molar refractivity (Wildman–Crippen MR) is 276 cm³/mol. The van der Waals surface area contributed by atoms with Crippen molar-refractivity contribution in [3.8, 4) is 10.4 Å². The first-order valence-electron chi connectivity index (χ1n) is 21.7. The fourth-order valence-electron chi connectivity index (χ4n) is 9.28. The molecule has 0 fully saturated rings. The van der Waals surface area contributed by atoms with Crippen LogP contribution in [0.5, 0.6) is 0 Å². The first-order chi connectivity index (χ1) is 32.2. The Morgan fingerprint density at radius 2 is 0.788 bits per heavy atom. The lowest BCUT2D eigenvalue weighted by Crippen LogP contribution is -2.13. The van der Waals surface area contributed by atoms with Crippen molar-refractivity contribution in [3.05, 3.63) is 198 Å². The second kappa shape index (κ2) is 14.8. The fraction of sp³-hybridized carbons (Fsp3) is 0.111. The summed E-state index contributed by atoms with van der Waals surface area (Å²) in [7, 11) is 0. The van der Waals surface area contributed by atoms with Crippen LogP contribution < -0.4 is 0 Å². The maximum atomic E-state index is 5.44. The van der Waals surface area contributed by atoms with E-state index >= 15 is 0 Å². The number of nitrogens with zero attached hydrogens (tertiary/aromatic N) is 6. The zero-order chi connectivity index (χ0) is 44.2. The van der Waals surface area contributed by atoms with Crippen molar-refractivity contribution in [3.63, 3.8) is 0 Å². The number of aromatic nitrogens is 8. The number of allylic oxidation sites excluding steroid dienone is 14. The average molecular weight is 927 g/mol. The molecule has 0 radical (unpaired) electrons. The van der Waals surface area contributed by atoms with Gasteiger partial charge in [0, 0.05) is 79.9 Å². The second-order valence-corrected chi connectivity index (χ2v) is 21.4. The molecule has 3 aliphatic carbocycles. The molecule has 0 amide bonds. The first kappa shape index (κ1) is 39.4. The molecule has 0 saturated heterocycles. The molecule has 66 heavy (non-hydrogen) atoms. The van der Waals surface area contributed by atoms with E-state index in [1.807, 2.05) is 0 Å². The van der Waals surface area contributed by atoms with E-state index < -0.39 is 0 Å². The molecule has 12 heteroatoms. The van der Waals surface area contributed by atoms with Crippen LogP contribution in [-0.2, 0) is 16.2 Å². The Kier molecular flexibility index (Phi) is 8.82. The Balaban J connectivity index is 1.12. The van der Waals surface area contributed by atoms with Gasteiger partial charge < -0.3 is 9.97 Å². The minimum atomic E-state index is -0.340. The molecule has 7 aromatic heterocycles. The van der Waals surface area contributed by atoms with Gasteiger partial charge in [-0.05, 0) is 84.3 Å². The van der Waals surface area contributed by atoms with Gasteiger partial charge in [0.05, 0.1) is 0 Å². The molecule has 5 aliphatic rings. The van der Waals surface area contributed by atoms with Crippen LogP contribution in [0.2, 0.25) is 0 Å². The van der Waals surface area contributed by atoms with Crippen LogP contribution in [0.15, 0.2) is 149 Å². The Bertz CT molecular complexity index is 3740. The van der Waals surface area contributed by atoms with Gasteiger partial charge in [-0.15, -0.1) is 45.3 Å². The van der Waals surface area contributed by atoms with Crippen LogP contribution in [0.4, 0.5) is 0 Å². The summed E-state index contributed by atoms with van der Waals surface area (Å²) in [5.41, 5.74) is 8.13. The molecule has 3 unspecified atom stereocenters. The summed E-state index contributed by atoms with van der Waals surface area (Å²) in [5.74, 6) is 2.26. The fourth-order valence-corrected chi connectivity index (χ4v) is 12.6. The van der Waals surface area contributed by atoms with Crippen molar-refractivity contribution in [2.75, 3.05) is 0 Å². The Hall–Kier alpha value is -6.96. The van der Waals surface area contributed by atoms with E-state index in [0.717, 1.165) is 49.8 Å². The van der Waals surface area contributed by atoms with Gasteiger partial charge in [-0.25, -0.2) is 29.9 Å². The molecular weight excluding hydrogens is 889 g/mol. The van der Waals surface area contributed by atoms with E-state index in [2.05, 4.69) is 192 Å². The van der Waals surface area contributed by atoms with Crippen molar-refractivity contribution < 1.29 is 0 Å². The molecule has 0 spiro atoms. The highest BCUT2D eigenvalue weighted by Gasteiger charge is 2.31. The number of thiophene rings is 4. The van der Waals surface area contributed by atoms with Gasteiger partial charge in [0.1, 0.15) is 22.6 Å². The quantitative estimate of drug-likeness (QED) is 0.182. The number of hydrogen-bond acceptors (Lipinski definition) is 10. The largest absolute Gasteiger partial charge is 0.324 e. The topological polar surface area (TPSA) is 109 Å². The summed E-state index contributed by atoms with van der Waals surface area (Å²) in [6, 6.07) is 23.6. The maximum Gasteiger partial charge on any atom is 0.164 e. The predicted octanol–water partition coefficient (Wildman–Crippen LogP) is 13.9. The second-order valence-electron chi connectivity index (χ2n) is 17.6. The SMILES string of the molecule is CC1(c2cccs2)C=CC2=C(C=C1)c1nc2nc2[nH]c(nc3nc(nc4[nH]c(n1)c1ccc(-c5cccs5)cc41)C1=C3C=CC(C)(c3cccs3)C=C1)c1c2C=CC(C)(c2cccs2)C=C1. The van der Waals surface area contributed by atoms with E-state index in [0.29, 0.717) is 45.9 Å². The van der Waals surface area contributed by atoms with Crippen molar-refractivity contribution in [1.29, 1.82) is 0 Å². The van der Waals surface area contributed by atoms with Gasteiger partial charge >= 0.3 is 0 Å². The van der Waals surface area contributed by atoms with Crippen molar-refractivity contribution >= 4 is 113 Å². The van der Waals surface area contributed by atoms with Crippen molar-refractivity contribution in [2.45, 2.75) is 37.0 Å². The molecule has 3 atom stereocenters. The molecule has 2 aliphatic heterocycles. The average Bonchev–Trinajstić information content (AvgIpc) is 4.17. The highest BCUT2D eigenvalue weighted by atomic mass is 32.1. The lowest BCUT2D eigenvalue weighted by Gasteiger charge is -2.19. The minimum absolute atomic E-state index is 0.337. The summed E-state index contributed by atoms with van der Waals surface area (Å²) in [6.07, 6.45) is 26.6. The molecule has 8 bridgehead atoms. The molecule has 13 rings (SSSR count). The van der Waals surface area contributed by atoms with Crippen molar-refractivity contribution in [1.82, 2.24) is 39.9 Å². The van der Waals surface area contributed by atoms with Gasteiger partial charge in [0.25, 0.3) is 0 Å². The van der Waals surface area contributed by atoms with Crippen molar-refractivity contribution in [2.24, 2.45) is 0 Å². The van der Waals surface area contributed by atoms with E-state index in [1.54, 1.807) is 45.3 Å². The number of nitrogens with one attached hydrogen (secondary N) is 2. The lowest BCUT2D eigenvalue weighted by molar-refractivity contribution is 0.778. The zero-order valence-corrected chi connectivity index (χ0v) is 39.2. The van der Waals surface area contributed by atoms with E-state index in [-0.39, 0.29) is 16.2 Å². The van der Waals surface area contributed by atoms with Crippen LogP contribution in [0, 0.1) is 0 Å². The van der Waals surface area contributed by atoms with Gasteiger partial charge in [-0.1, -0.05) is 103 Å². The third-order valence-electron chi connectivity index (χ3n) is 13.2. The molecule has 8 aromatic rings. The van der Waals surface area contributed by atoms with Crippen LogP contribution in [0.3, 0.4) is 0 Å². The van der Waals surface area contributed by atoms with Gasteiger partial charge in [-0.2, -0.15) is 0 Å². The summed E-state index contributed by atoms with van der Waals surface area (Å²) in [6.45, 7) is 6.73. The van der Waals surface area contributed by atoms with Crippen LogP contribution >= 0.6 is 45.3 Å². The molecular formula is C54H38N8S4. The standard InChI is InChI=1S/C54H38N8S4/c1-52(41-9-5-27-64-41)20-14-33-34(15-21-52)46-56-45(33)55-44-32-13-12-31(40-8-4-26-63-40)30-39(32)51(61-44)62-50-38-19-25-54(3,43-11-7-29-66-43)24-18-37(38)49(60-50)59-48-36-17-23-53(2,42-10-6-28-65-42)22-16-35(36)47(57-46)58-48/h4-30H,1-3H3,(H2,55,56,57,58,59,60,61,62). The highest BCUT2D eigenvalue weighted by Crippen LogP contribution is 2.43. The molecule has 2 N–H and O–H groups in total. The summed E-state index contributed by atoms with van der Waals surface area (Å²) >= 11 is 6.96. The zero-order valence-electron chi connectivity index (χ0n) is 35.9. The third-order valence-corrected chi connectivity index (χ3v) is 17.5. The van der Waals surface area contributed by atoms with Gasteiger partial charge in [0.2, 0.25) is 0 Å². The van der Waals surface area contributed by atoms with E-state index in [4.69, 9.17) is 29.9 Å².